The molecule has 1 amide bonds. The van der Waals surface area contributed by atoms with E-state index in [1.807, 2.05) is 22.4 Å². The van der Waals surface area contributed by atoms with Crippen molar-refractivity contribution in [1.82, 2.24) is 24.6 Å². The van der Waals surface area contributed by atoms with Crippen LogP contribution in [-0.2, 0) is 12.5 Å². The zero-order valence-electron chi connectivity index (χ0n) is 21.5. The number of thiazole rings is 1. The highest BCUT2D eigenvalue weighted by Crippen LogP contribution is 2.48. The van der Waals surface area contributed by atoms with Crippen LogP contribution in [0.3, 0.4) is 0 Å². The van der Waals surface area contributed by atoms with Crippen molar-refractivity contribution in [2.24, 2.45) is 24.6 Å². The second-order valence-electron chi connectivity index (χ2n) is 10.7. The van der Waals surface area contributed by atoms with Gasteiger partial charge in [-0.05, 0) is 42.0 Å². The number of carbonyl (C=O) groups is 1. The van der Waals surface area contributed by atoms with Gasteiger partial charge in [0.15, 0.2) is 0 Å². The van der Waals surface area contributed by atoms with Gasteiger partial charge in [-0.2, -0.15) is 5.10 Å². The van der Waals surface area contributed by atoms with Crippen LogP contribution in [0.4, 0.5) is 4.39 Å². The number of nitrogens with two attached hydrogens (primary N) is 1. The topological polar surface area (TPSA) is 99.2 Å². The first-order valence-corrected chi connectivity index (χ1v) is 13.5. The Hall–Kier alpha value is -3.63. The van der Waals surface area contributed by atoms with Crippen molar-refractivity contribution in [2.45, 2.75) is 25.4 Å². The van der Waals surface area contributed by atoms with E-state index in [-0.39, 0.29) is 35.1 Å². The number of fused-ring (bicyclic) bond motifs is 1. The number of aryl methyl sites for hydroxylation is 1. The highest BCUT2D eigenvalue weighted by Gasteiger charge is 2.59. The van der Waals surface area contributed by atoms with E-state index in [0.29, 0.717) is 42.6 Å². The quantitative estimate of drug-likeness (QED) is 0.384. The highest BCUT2D eigenvalue weighted by molar-refractivity contribution is 7.07. The molecule has 4 aromatic rings. The summed E-state index contributed by atoms with van der Waals surface area (Å²) in [6, 6.07) is 12.0. The SMILES string of the molecule is Cn1nc(-c2cscn2)cc1C(=O)N1CC2C(C1)C2Oc1cc(C(C)(C)CN)cc(-c2ccc(F)cc2)n1. The van der Waals surface area contributed by atoms with Crippen molar-refractivity contribution in [1.29, 1.82) is 0 Å². The fourth-order valence-electron chi connectivity index (χ4n) is 5.09. The van der Waals surface area contributed by atoms with Crippen molar-refractivity contribution >= 4 is 17.2 Å². The van der Waals surface area contributed by atoms with E-state index in [4.69, 9.17) is 15.5 Å². The third kappa shape index (κ3) is 4.48. The van der Waals surface area contributed by atoms with Crippen molar-refractivity contribution < 1.29 is 13.9 Å². The molecule has 2 atom stereocenters. The number of hydrogen-bond acceptors (Lipinski definition) is 7. The molecule has 8 nitrogen and oxygen atoms in total. The smallest absolute Gasteiger partial charge is 0.272 e. The van der Waals surface area contributed by atoms with Gasteiger partial charge in [0, 0.05) is 60.9 Å². The molecule has 0 radical (unpaired) electrons. The van der Waals surface area contributed by atoms with Gasteiger partial charge in [0.05, 0.1) is 11.2 Å². The fraction of sp³-hybridized carbons (Fsp3) is 0.357. The normalized spacial score (nSPS) is 20.4. The lowest BCUT2D eigenvalue weighted by atomic mass is 9.84. The number of nitrogens with zero attached hydrogens (tertiary/aromatic N) is 5. The van der Waals surface area contributed by atoms with Crippen LogP contribution in [0.1, 0.15) is 29.9 Å². The molecule has 6 rings (SSSR count). The van der Waals surface area contributed by atoms with Crippen molar-refractivity contribution in [3.63, 3.8) is 0 Å². The van der Waals surface area contributed by atoms with Crippen molar-refractivity contribution in [2.75, 3.05) is 19.6 Å². The van der Waals surface area contributed by atoms with Crippen LogP contribution in [-0.4, -0.2) is 56.3 Å². The van der Waals surface area contributed by atoms with Gasteiger partial charge in [0.1, 0.15) is 29.0 Å². The van der Waals surface area contributed by atoms with Gasteiger partial charge in [0.2, 0.25) is 5.88 Å². The Morgan fingerprint density at radius 1 is 1.13 bits per heavy atom. The summed E-state index contributed by atoms with van der Waals surface area (Å²) in [5.41, 5.74) is 12.1. The third-order valence-electron chi connectivity index (χ3n) is 7.69. The maximum atomic E-state index is 13.5. The number of hydrogen-bond donors (Lipinski definition) is 1. The zero-order valence-corrected chi connectivity index (χ0v) is 22.3. The first kappa shape index (κ1) is 24.7. The molecule has 2 fully saturated rings. The van der Waals surface area contributed by atoms with Gasteiger partial charge in [-0.25, -0.2) is 14.4 Å². The van der Waals surface area contributed by atoms with Gasteiger partial charge in [-0.15, -0.1) is 11.3 Å². The summed E-state index contributed by atoms with van der Waals surface area (Å²) < 4.78 is 21.5. The number of benzene rings is 1. The Morgan fingerprint density at radius 3 is 2.53 bits per heavy atom. The lowest BCUT2D eigenvalue weighted by Gasteiger charge is -2.25. The Labute approximate surface area is 224 Å². The minimum atomic E-state index is -0.293. The molecule has 38 heavy (non-hydrogen) atoms. The molecule has 0 bridgehead atoms. The first-order valence-electron chi connectivity index (χ1n) is 12.6. The van der Waals surface area contributed by atoms with Gasteiger partial charge in [0.25, 0.3) is 5.91 Å². The molecule has 2 unspecified atom stereocenters. The summed E-state index contributed by atoms with van der Waals surface area (Å²) in [5, 5.41) is 6.39. The Morgan fingerprint density at radius 2 is 1.87 bits per heavy atom. The molecule has 10 heteroatoms. The van der Waals surface area contributed by atoms with Crippen LogP contribution < -0.4 is 10.5 Å². The highest BCUT2D eigenvalue weighted by atomic mass is 32.1. The van der Waals surface area contributed by atoms with Gasteiger partial charge in [-0.1, -0.05) is 13.8 Å². The Balaban J connectivity index is 1.17. The number of halogens is 1. The lowest BCUT2D eigenvalue weighted by Crippen LogP contribution is -2.34. The van der Waals surface area contributed by atoms with Crippen LogP contribution in [0, 0.1) is 17.7 Å². The predicted octanol–water partition coefficient (Wildman–Crippen LogP) is 4.13. The van der Waals surface area contributed by atoms with Gasteiger partial charge >= 0.3 is 0 Å². The Bertz CT molecular complexity index is 1470. The predicted molar refractivity (Wildman–Crippen MR) is 143 cm³/mol. The molecule has 196 valence electrons. The van der Waals surface area contributed by atoms with E-state index in [9.17, 15) is 9.18 Å². The maximum Gasteiger partial charge on any atom is 0.272 e. The van der Waals surface area contributed by atoms with E-state index in [2.05, 4.69) is 23.9 Å². The first-order chi connectivity index (χ1) is 18.2. The zero-order chi connectivity index (χ0) is 26.6. The van der Waals surface area contributed by atoms with E-state index in [1.54, 1.807) is 35.4 Å². The molecule has 2 aliphatic rings. The molecule has 1 aliphatic carbocycles. The number of likely N-dealkylation sites (tertiary alicyclic amines) is 1. The molecule has 1 saturated heterocycles. The Kier molecular flexibility index (Phi) is 6.03. The molecule has 2 N–H and O–H groups in total. The number of rotatable bonds is 7. The molecule has 4 heterocycles. The molecule has 1 aliphatic heterocycles. The van der Waals surface area contributed by atoms with Crippen LogP contribution in [0.15, 0.2) is 53.4 Å². The number of carbonyl (C=O) groups excluding carboxylic acids is 1. The van der Waals surface area contributed by atoms with Crippen LogP contribution in [0.2, 0.25) is 0 Å². The minimum Gasteiger partial charge on any atom is -0.474 e. The molecule has 3 aromatic heterocycles. The second kappa shape index (κ2) is 9.28. The monoisotopic (exact) mass is 532 g/mol. The molecular weight excluding hydrogens is 503 g/mol. The summed E-state index contributed by atoms with van der Waals surface area (Å²) in [6.45, 7) is 5.88. The van der Waals surface area contributed by atoms with Gasteiger partial charge in [-0.3, -0.25) is 9.48 Å². The molecule has 1 aromatic carbocycles. The van der Waals surface area contributed by atoms with E-state index >= 15 is 0 Å². The molecule has 1 saturated carbocycles. The van der Waals surface area contributed by atoms with Crippen LogP contribution in [0.25, 0.3) is 22.6 Å². The molecule has 0 spiro atoms. The van der Waals surface area contributed by atoms with Crippen LogP contribution >= 0.6 is 11.3 Å². The fourth-order valence-corrected chi connectivity index (χ4v) is 5.63. The average molecular weight is 533 g/mol. The minimum absolute atomic E-state index is 0.000890. The standard InChI is InChI=1S/C28H29FN6O2S/c1-28(2,14-30)17-8-21(16-4-6-18(29)7-5-16)32-25(9-17)37-26-19-11-35(12-20(19)26)27(36)24-10-22(33-34(24)3)23-13-38-15-31-23/h4-10,13,15,19-20,26H,11-12,14,30H2,1-3H3. The summed E-state index contributed by atoms with van der Waals surface area (Å²) in [4.78, 5) is 24.2. The third-order valence-corrected chi connectivity index (χ3v) is 8.27. The lowest BCUT2D eigenvalue weighted by molar-refractivity contribution is 0.0740. The average Bonchev–Trinajstić information content (AvgIpc) is 3.42. The summed E-state index contributed by atoms with van der Waals surface area (Å²) in [6.07, 6.45) is 0.000890. The van der Waals surface area contributed by atoms with Crippen LogP contribution in [0.5, 0.6) is 5.88 Å². The van der Waals surface area contributed by atoms with Crippen molar-refractivity contribution in [3.8, 4) is 28.5 Å². The summed E-state index contributed by atoms with van der Waals surface area (Å²) in [7, 11) is 1.78. The number of pyridine rings is 1. The number of amides is 1. The van der Waals surface area contributed by atoms with E-state index < -0.39 is 0 Å². The number of piperidine rings is 1. The number of aromatic nitrogens is 4. The summed E-state index contributed by atoms with van der Waals surface area (Å²) in [5.74, 6) is 0.718. The van der Waals surface area contributed by atoms with E-state index in [0.717, 1.165) is 16.8 Å². The van der Waals surface area contributed by atoms with Gasteiger partial charge < -0.3 is 15.4 Å². The van der Waals surface area contributed by atoms with Crippen molar-refractivity contribution in [3.05, 3.63) is 70.4 Å². The summed E-state index contributed by atoms with van der Waals surface area (Å²) >= 11 is 1.50. The molecular formula is C28H29FN6O2S. The van der Waals surface area contributed by atoms with E-state index in [1.165, 1.54) is 23.5 Å². The maximum absolute atomic E-state index is 13.5. The second-order valence-corrected chi connectivity index (χ2v) is 11.4. The largest absolute Gasteiger partial charge is 0.474 e. The number of ether oxygens (including phenoxy) is 1.